The van der Waals surface area contributed by atoms with Gasteiger partial charge in [0.2, 0.25) is 0 Å². The van der Waals surface area contributed by atoms with Crippen LogP contribution in [0.25, 0.3) is 0 Å². The van der Waals surface area contributed by atoms with Crippen LogP contribution >= 0.6 is 24.8 Å². The summed E-state index contributed by atoms with van der Waals surface area (Å²) in [4.78, 5) is 13.6. The lowest BCUT2D eigenvalue weighted by atomic mass is 10.3. The predicted molar refractivity (Wildman–Crippen MR) is 123 cm³/mol. The normalized spacial score (nSPS) is 16.2. The molecule has 2 saturated heterocycles. The Kier molecular flexibility index (Phi) is 11.2. The van der Waals surface area contributed by atoms with Crippen LogP contribution in [-0.4, -0.2) is 62.3 Å². The van der Waals surface area contributed by atoms with Crippen LogP contribution in [0.5, 0.6) is 0 Å². The Balaban J connectivity index is 0.000000261. The van der Waals surface area contributed by atoms with Gasteiger partial charge in [0.05, 0.1) is 0 Å². The van der Waals surface area contributed by atoms with Gasteiger partial charge in [-0.3, -0.25) is 0 Å². The molecule has 2 N–H and O–H groups in total. The molecular weight excluding hydrogens is 395 g/mol. The fourth-order valence-corrected chi connectivity index (χ4v) is 3.20. The third-order valence-corrected chi connectivity index (χ3v) is 4.63. The highest BCUT2D eigenvalue weighted by Crippen LogP contribution is 2.12. The largest absolute Gasteiger partial charge is 0.354 e. The summed E-state index contributed by atoms with van der Waals surface area (Å²) in [7, 11) is 0. The molecule has 0 amide bonds. The fourth-order valence-electron chi connectivity index (χ4n) is 3.20. The third-order valence-electron chi connectivity index (χ3n) is 4.63. The van der Waals surface area contributed by atoms with Crippen LogP contribution in [-0.2, 0) is 0 Å². The van der Waals surface area contributed by atoms with Crippen LogP contribution in [0.2, 0.25) is 0 Å². The number of aryl methyl sites for hydroxylation is 2. The van der Waals surface area contributed by atoms with Crippen molar-refractivity contribution >= 4 is 36.4 Å². The highest BCUT2D eigenvalue weighted by Gasteiger charge is 2.11. The molecule has 2 aliphatic heterocycles. The maximum absolute atomic E-state index is 4.50. The number of hydrogen-bond donors (Lipinski definition) is 2. The number of anilines is 2. The minimum Gasteiger partial charge on any atom is -0.354 e. The van der Waals surface area contributed by atoms with Crippen molar-refractivity contribution in [2.45, 2.75) is 13.8 Å². The quantitative estimate of drug-likeness (QED) is 0.768. The highest BCUT2D eigenvalue weighted by atomic mass is 35.5. The van der Waals surface area contributed by atoms with Crippen LogP contribution < -0.4 is 20.4 Å². The molecular formula is C20H32Cl2N6. The van der Waals surface area contributed by atoms with Gasteiger partial charge in [-0.15, -0.1) is 24.8 Å². The summed E-state index contributed by atoms with van der Waals surface area (Å²) in [6.45, 7) is 12.6. The fraction of sp³-hybridized carbons (Fsp3) is 0.500. The zero-order valence-corrected chi connectivity index (χ0v) is 18.4. The minimum atomic E-state index is 0. The summed E-state index contributed by atoms with van der Waals surface area (Å²) in [5.74, 6) is 2.23. The molecule has 28 heavy (non-hydrogen) atoms. The molecule has 2 aromatic rings. The van der Waals surface area contributed by atoms with E-state index < -0.39 is 0 Å². The van der Waals surface area contributed by atoms with Crippen molar-refractivity contribution in [1.82, 2.24) is 20.6 Å². The smallest absolute Gasteiger partial charge is 0.128 e. The average Bonchev–Trinajstić information content (AvgIpc) is 2.70. The van der Waals surface area contributed by atoms with E-state index in [0.717, 1.165) is 75.4 Å². The van der Waals surface area contributed by atoms with E-state index in [1.54, 1.807) is 0 Å². The molecule has 4 heterocycles. The standard InChI is InChI=1S/2C10H15N3.2ClH/c2*1-9-3-2-4-10(12-9)13-7-5-11-6-8-13;;/h2*2-4,11H,5-8H2,1H3;2*1H. The van der Waals surface area contributed by atoms with Crippen molar-refractivity contribution in [3.8, 4) is 0 Å². The Labute approximate surface area is 180 Å². The molecule has 0 aliphatic carbocycles. The molecule has 2 fully saturated rings. The maximum Gasteiger partial charge on any atom is 0.128 e. The predicted octanol–water partition coefficient (Wildman–Crippen LogP) is 2.44. The molecule has 6 nitrogen and oxygen atoms in total. The zero-order valence-electron chi connectivity index (χ0n) is 16.7. The molecule has 0 saturated carbocycles. The van der Waals surface area contributed by atoms with Gasteiger partial charge >= 0.3 is 0 Å². The Morgan fingerprint density at radius 1 is 0.643 bits per heavy atom. The van der Waals surface area contributed by atoms with E-state index in [1.807, 2.05) is 26.0 Å². The van der Waals surface area contributed by atoms with Crippen LogP contribution in [0, 0.1) is 13.8 Å². The Morgan fingerprint density at radius 2 is 1.00 bits per heavy atom. The average molecular weight is 427 g/mol. The van der Waals surface area contributed by atoms with E-state index in [4.69, 9.17) is 0 Å². The van der Waals surface area contributed by atoms with Crippen LogP contribution in [0.4, 0.5) is 11.6 Å². The molecule has 4 rings (SSSR count). The molecule has 8 heteroatoms. The van der Waals surface area contributed by atoms with Crippen molar-refractivity contribution in [2.75, 3.05) is 62.2 Å². The van der Waals surface area contributed by atoms with Crippen LogP contribution in [0.3, 0.4) is 0 Å². The van der Waals surface area contributed by atoms with Gasteiger partial charge in [-0.2, -0.15) is 0 Å². The maximum atomic E-state index is 4.50. The second-order valence-electron chi connectivity index (χ2n) is 6.75. The summed E-state index contributed by atoms with van der Waals surface area (Å²) in [6.07, 6.45) is 0. The van der Waals surface area contributed by atoms with Crippen molar-refractivity contribution in [2.24, 2.45) is 0 Å². The highest BCUT2D eigenvalue weighted by molar-refractivity contribution is 5.85. The molecule has 2 aromatic heterocycles. The van der Waals surface area contributed by atoms with Gasteiger partial charge in [0.1, 0.15) is 11.6 Å². The first-order chi connectivity index (χ1) is 12.7. The van der Waals surface area contributed by atoms with E-state index in [2.05, 4.69) is 54.7 Å². The van der Waals surface area contributed by atoms with E-state index in [9.17, 15) is 0 Å². The molecule has 0 spiro atoms. The van der Waals surface area contributed by atoms with E-state index in [1.165, 1.54) is 0 Å². The number of aromatic nitrogens is 2. The van der Waals surface area contributed by atoms with Gasteiger partial charge in [-0.25, -0.2) is 9.97 Å². The molecule has 0 unspecified atom stereocenters. The summed E-state index contributed by atoms with van der Waals surface area (Å²) < 4.78 is 0. The second kappa shape index (κ2) is 12.8. The second-order valence-corrected chi connectivity index (χ2v) is 6.75. The Bertz CT molecular complexity index is 628. The first kappa shape index (κ1) is 24.4. The SMILES string of the molecule is Cc1cccc(N2CCNCC2)n1.Cc1cccc(N2CCNCC2)n1.Cl.Cl. The summed E-state index contributed by atoms with van der Waals surface area (Å²) in [6, 6.07) is 12.4. The lowest BCUT2D eigenvalue weighted by Crippen LogP contribution is -2.43. The summed E-state index contributed by atoms with van der Waals surface area (Å²) >= 11 is 0. The van der Waals surface area contributed by atoms with E-state index >= 15 is 0 Å². The van der Waals surface area contributed by atoms with Gasteiger partial charge in [0.15, 0.2) is 0 Å². The van der Waals surface area contributed by atoms with Gasteiger partial charge in [-0.05, 0) is 38.1 Å². The van der Waals surface area contributed by atoms with Crippen molar-refractivity contribution in [1.29, 1.82) is 0 Å². The molecule has 0 aromatic carbocycles. The number of rotatable bonds is 2. The number of nitrogens with one attached hydrogen (secondary N) is 2. The number of nitrogens with zero attached hydrogens (tertiary/aromatic N) is 4. The van der Waals surface area contributed by atoms with Crippen molar-refractivity contribution in [3.63, 3.8) is 0 Å². The minimum absolute atomic E-state index is 0. The monoisotopic (exact) mass is 426 g/mol. The van der Waals surface area contributed by atoms with Gasteiger partial charge in [0.25, 0.3) is 0 Å². The topological polar surface area (TPSA) is 56.3 Å². The van der Waals surface area contributed by atoms with Gasteiger partial charge in [-0.1, -0.05) is 12.1 Å². The number of hydrogen-bond acceptors (Lipinski definition) is 6. The van der Waals surface area contributed by atoms with E-state index in [0.29, 0.717) is 0 Å². The molecule has 0 radical (unpaired) electrons. The number of pyridine rings is 2. The first-order valence-corrected chi connectivity index (χ1v) is 9.51. The lowest BCUT2D eigenvalue weighted by Gasteiger charge is -2.28. The first-order valence-electron chi connectivity index (χ1n) is 9.51. The molecule has 0 bridgehead atoms. The van der Waals surface area contributed by atoms with Crippen molar-refractivity contribution < 1.29 is 0 Å². The van der Waals surface area contributed by atoms with Crippen LogP contribution in [0.1, 0.15) is 11.4 Å². The molecule has 0 atom stereocenters. The summed E-state index contributed by atoms with van der Waals surface area (Å²) in [5, 5.41) is 6.66. The molecule has 156 valence electrons. The number of piperazine rings is 2. The summed E-state index contributed by atoms with van der Waals surface area (Å²) in [5.41, 5.74) is 2.19. The van der Waals surface area contributed by atoms with Gasteiger partial charge < -0.3 is 20.4 Å². The molecule has 2 aliphatic rings. The van der Waals surface area contributed by atoms with Crippen LogP contribution in [0.15, 0.2) is 36.4 Å². The third kappa shape index (κ3) is 7.43. The number of halogens is 2. The van der Waals surface area contributed by atoms with Gasteiger partial charge in [0, 0.05) is 63.7 Å². The van der Waals surface area contributed by atoms with E-state index in [-0.39, 0.29) is 24.8 Å². The zero-order chi connectivity index (χ0) is 18.2. The Hall–Kier alpha value is -1.60. The van der Waals surface area contributed by atoms with Crippen molar-refractivity contribution in [3.05, 3.63) is 47.8 Å². The lowest BCUT2D eigenvalue weighted by molar-refractivity contribution is 0.584. The Morgan fingerprint density at radius 3 is 1.32 bits per heavy atom.